The first-order valence-electron chi connectivity index (χ1n) is 6.90. The van der Waals surface area contributed by atoms with Gasteiger partial charge in [0.25, 0.3) is 0 Å². The highest BCUT2D eigenvalue weighted by molar-refractivity contribution is 5.80. The lowest BCUT2D eigenvalue weighted by Crippen LogP contribution is -2.51. The summed E-state index contributed by atoms with van der Waals surface area (Å²) in [5.74, 6) is -3.09. The number of halogens is 2. The standard InChI is InChI=1S/C15H19F2NO2/c1-15(14(19)20,18-11-5-3-2-4-6-11)10-7-8-12(16)13(17)9-10/h7-9,11,18H,2-6H2,1H3,(H,19,20). The third kappa shape index (κ3) is 2.98. The van der Waals surface area contributed by atoms with Crippen molar-refractivity contribution in [2.75, 3.05) is 0 Å². The van der Waals surface area contributed by atoms with Crippen LogP contribution in [0.5, 0.6) is 0 Å². The van der Waals surface area contributed by atoms with E-state index in [9.17, 15) is 18.7 Å². The fourth-order valence-corrected chi connectivity index (χ4v) is 2.73. The van der Waals surface area contributed by atoms with E-state index in [4.69, 9.17) is 0 Å². The van der Waals surface area contributed by atoms with Gasteiger partial charge in [-0.1, -0.05) is 25.3 Å². The van der Waals surface area contributed by atoms with Gasteiger partial charge in [0.05, 0.1) is 0 Å². The number of hydrogen-bond acceptors (Lipinski definition) is 2. The maximum atomic E-state index is 13.4. The third-order valence-electron chi connectivity index (χ3n) is 4.02. The second-order valence-electron chi connectivity index (χ2n) is 5.54. The van der Waals surface area contributed by atoms with Crippen molar-refractivity contribution in [2.45, 2.75) is 50.6 Å². The van der Waals surface area contributed by atoms with Gasteiger partial charge in [-0.2, -0.15) is 0 Å². The Morgan fingerprint density at radius 2 is 1.90 bits per heavy atom. The summed E-state index contributed by atoms with van der Waals surface area (Å²) in [4.78, 5) is 11.6. The molecule has 0 amide bonds. The number of aliphatic carboxylic acids is 1. The summed E-state index contributed by atoms with van der Waals surface area (Å²) >= 11 is 0. The lowest BCUT2D eigenvalue weighted by atomic mass is 9.87. The largest absolute Gasteiger partial charge is 0.480 e. The van der Waals surface area contributed by atoms with Gasteiger partial charge in [0.2, 0.25) is 0 Å². The van der Waals surface area contributed by atoms with Gasteiger partial charge in [-0.3, -0.25) is 5.32 Å². The Kier molecular flexibility index (Phi) is 4.38. The van der Waals surface area contributed by atoms with Crippen molar-refractivity contribution in [3.8, 4) is 0 Å². The van der Waals surface area contributed by atoms with E-state index in [0.717, 1.165) is 44.2 Å². The van der Waals surface area contributed by atoms with E-state index in [1.54, 1.807) is 0 Å². The van der Waals surface area contributed by atoms with Crippen LogP contribution in [0.2, 0.25) is 0 Å². The topological polar surface area (TPSA) is 49.3 Å². The minimum atomic E-state index is -1.41. The molecule has 1 unspecified atom stereocenters. The Morgan fingerprint density at radius 3 is 2.45 bits per heavy atom. The summed E-state index contributed by atoms with van der Waals surface area (Å²) in [5, 5.41) is 12.6. The lowest BCUT2D eigenvalue weighted by Gasteiger charge is -2.34. The zero-order valence-electron chi connectivity index (χ0n) is 11.5. The number of carboxylic acid groups (broad SMARTS) is 1. The van der Waals surface area contributed by atoms with Crippen molar-refractivity contribution in [2.24, 2.45) is 0 Å². The van der Waals surface area contributed by atoms with Crippen LogP contribution in [-0.2, 0) is 10.3 Å². The predicted molar refractivity (Wildman–Crippen MR) is 71.4 cm³/mol. The Balaban J connectivity index is 2.27. The summed E-state index contributed by atoms with van der Waals surface area (Å²) in [6, 6.07) is 3.34. The fraction of sp³-hybridized carbons (Fsp3) is 0.533. The van der Waals surface area contributed by atoms with Crippen LogP contribution in [-0.4, -0.2) is 17.1 Å². The Bertz CT molecular complexity index is 501. The van der Waals surface area contributed by atoms with Gasteiger partial charge >= 0.3 is 5.97 Å². The first-order chi connectivity index (χ1) is 9.43. The smallest absolute Gasteiger partial charge is 0.328 e. The highest BCUT2D eigenvalue weighted by atomic mass is 19.2. The van der Waals surface area contributed by atoms with E-state index in [1.807, 2.05) is 0 Å². The van der Waals surface area contributed by atoms with Gasteiger partial charge in [-0.15, -0.1) is 0 Å². The summed E-state index contributed by atoms with van der Waals surface area (Å²) in [6.07, 6.45) is 5.10. The SMILES string of the molecule is CC(NC1CCCCC1)(C(=O)O)c1ccc(F)c(F)c1. The Labute approximate surface area is 117 Å². The maximum Gasteiger partial charge on any atom is 0.328 e. The van der Waals surface area contributed by atoms with Crippen molar-refractivity contribution < 1.29 is 18.7 Å². The lowest BCUT2D eigenvalue weighted by molar-refractivity contribution is -0.145. The van der Waals surface area contributed by atoms with Crippen LogP contribution in [0.1, 0.15) is 44.6 Å². The molecular formula is C15H19F2NO2. The number of rotatable bonds is 4. The first-order valence-corrected chi connectivity index (χ1v) is 6.90. The minimum absolute atomic E-state index is 0.0953. The number of nitrogens with one attached hydrogen (secondary N) is 1. The van der Waals surface area contributed by atoms with Crippen LogP contribution < -0.4 is 5.32 Å². The van der Waals surface area contributed by atoms with Gasteiger partial charge in [0.1, 0.15) is 5.54 Å². The summed E-state index contributed by atoms with van der Waals surface area (Å²) in [7, 11) is 0. The van der Waals surface area contributed by atoms with Gasteiger partial charge in [0.15, 0.2) is 11.6 Å². The van der Waals surface area contributed by atoms with Gasteiger partial charge < -0.3 is 5.11 Å². The summed E-state index contributed by atoms with van der Waals surface area (Å²) in [5.41, 5.74) is -1.18. The molecule has 0 radical (unpaired) electrons. The molecule has 1 atom stereocenters. The minimum Gasteiger partial charge on any atom is -0.480 e. The second kappa shape index (κ2) is 5.87. The molecule has 1 saturated carbocycles. The molecule has 0 aliphatic heterocycles. The molecule has 0 bridgehead atoms. The number of hydrogen-bond donors (Lipinski definition) is 2. The van der Waals surface area contributed by atoms with E-state index < -0.39 is 23.1 Å². The molecule has 2 N–H and O–H groups in total. The molecule has 110 valence electrons. The molecule has 3 nitrogen and oxygen atoms in total. The molecule has 0 heterocycles. The van der Waals surface area contributed by atoms with Crippen LogP contribution in [0.4, 0.5) is 8.78 Å². The molecule has 2 rings (SSSR count). The third-order valence-corrected chi connectivity index (χ3v) is 4.02. The normalized spacial score (nSPS) is 19.6. The molecule has 1 aliphatic rings. The van der Waals surface area contributed by atoms with Crippen molar-refractivity contribution in [3.63, 3.8) is 0 Å². The Morgan fingerprint density at radius 1 is 1.25 bits per heavy atom. The zero-order valence-corrected chi connectivity index (χ0v) is 11.5. The van der Waals surface area contributed by atoms with Gasteiger partial charge in [0, 0.05) is 6.04 Å². The predicted octanol–water partition coefficient (Wildman–Crippen LogP) is 3.19. The molecule has 5 heteroatoms. The van der Waals surface area contributed by atoms with E-state index in [0.29, 0.717) is 0 Å². The highest BCUT2D eigenvalue weighted by Gasteiger charge is 2.37. The van der Waals surface area contributed by atoms with E-state index in [-0.39, 0.29) is 11.6 Å². The molecule has 1 aliphatic carbocycles. The average Bonchev–Trinajstić information content (AvgIpc) is 2.42. The number of carbonyl (C=O) groups is 1. The second-order valence-corrected chi connectivity index (χ2v) is 5.54. The summed E-state index contributed by atoms with van der Waals surface area (Å²) < 4.78 is 26.4. The molecule has 1 aromatic carbocycles. The van der Waals surface area contributed by atoms with Gasteiger partial charge in [-0.25, -0.2) is 13.6 Å². The van der Waals surface area contributed by atoms with E-state index in [2.05, 4.69) is 5.32 Å². The molecule has 1 fully saturated rings. The highest BCUT2D eigenvalue weighted by Crippen LogP contribution is 2.27. The fourth-order valence-electron chi connectivity index (χ4n) is 2.73. The van der Waals surface area contributed by atoms with Crippen LogP contribution in [0.3, 0.4) is 0 Å². The van der Waals surface area contributed by atoms with E-state index >= 15 is 0 Å². The average molecular weight is 283 g/mol. The van der Waals surface area contributed by atoms with Crippen LogP contribution in [0.15, 0.2) is 18.2 Å². The van der Waals surface area contributed by atoms with Crippen molar-refractivity contribution in [3.05, 3.63) is 35.4 Å². The summed E-state index contributed by atoms with van der Waals surface area (Å²) in [6.45, 7) is 1.50. The van der Waals surface area contributed by atoms with Crippen LogP contribution in [0.25, 0.3) is 0 Å². The molecule has 0 saturated heterocycles. The first kappa shape index (κ1) is 14.9. The molecule has 0 aromatic heterocycles. The monoisotopic (exact) mass is 283 g/mol. The maximum absolute atomic E-state index is 13.4. The van der Waals surface area contributed by atoms with Crippen LogP contribution in [0, 0.1) is 11.6 Å². The molecule has 0 spiro atoms. The zero-order chi connectivity index (χ0) is 14.8. The number of benzene rings is 1. The molecule has 1 aromatic rings. The number of carboxylic acids is 1. The Hall–Kier alpha value is -1.49. The quantitative estimate of drug-likeness (QED) is 0.892. The van der Waals surface area contributed by atoms with Gasteiger partial charge in [-0.05, 0) is 37.5 Å². The van der Waals surface area contributed by atoms with Crippen molar-refractivity contribution in [1.29, 1.82) is 0 Å². The van der Waals surface area contributed by atoms with Crippen molar-refractivity contribution >= 4 is 5.97 Å². The van der Waals surface area contributed by atoms with E-state index in [1.165, 1.54) is 13.0 Å². The van der Waals surface area contributed by atoms with Crippen LogP contribution >= 0.6 is 0 Å². The van der Waals surface area contributed by atoms with Crippen molar-refractivity contribution in [1.82, 2.24) is 5.32 Å². The molecule has 20 heavy (non-hydrogen) atoms. The molecular weight excluding hydrogens is 264 g/mol.